The molecule has 0 aliphatic heterocycles. The molecule has 2 aromatic carbocycles. The highest BCUT2D eigenvalue weighted by atomic mass is 16.6. The van der Waals surface area contributed by atoms with Crippen LogP contribution < -0.4 is 10.6 Å². The third-order valence-electron chi connectivity index (χ3n) is 5.36. The molecule has 0 heterocycles. The first-order valence-corrected chi connectivity index (χ1v) is 10.5. The quantitative estimate of drug-likeness (QED) is 0.412. The van der Waals surface area contributed by atoms with Gasteiger partial charge in [0.15, 0.2) is 0 Å². The Morgan fingerprint density at radius 3 is 2.03 bits per heavy atom. The fourth-order valence-electron chi connectivity index (χ4n) is 3.65. The van der Waals surface area contributed by atoms with Crippen LogP contribution in [-0.2, 0) is 23.9 Å². The van der Waals surface area contributed by atoms with Crippen LogP contribution in [0.15, 0.2) is 48.5 Å². The van der Waals surface area contributed by atoms with Crippen LogP contribution in [0.3, 0.4) is 0 Å². The van der Waals surface area contributed by atoms with Gasteiger partial charge in [0.05, 0.1) is 6.61 Å². The molecule has 0 spiro atoms. The van der Waals surface area contributed by atoms with Crippen molar-refractivity contribution in [2.75, 3.05) is 13.2 Å². The maximum Gasteiger partial charge on any atom is 0.408 e. The van der Waals surface area contributed by atoms with Gasteiger partial charge in [-0.1, -0.05) is 48.5 Å². The maximum absolute atomic E-state index is 12.6. The van der Waals surface area contributed by atoms with E-state index in [-0.39, 0.29) is 19.1 Å². The van der Waals surface area contributed by atoms with Gasteiger partial charge >= 0.3 is 18.0 Å². The molecule has 9 heteroatoms. The Labute approximate surface area is 191 Å². The number of hydrogen-bond donors (Lipinski definition) is 3. The van der Waals surface area contributed by atoms with Gasteiger partial charge in [-0.15, -0.1) is 0 Å². The molecule has 1 unspecified atom stereocenters. The second-order valence-electron chi connectivity index (χ2n) is 8.07. The number of carbonyl (C=O) groups is 4. The number of fused-ring (bicyclic) bond motifs is 3. The van der Waals surface area contributed by atoms with Crippen molar-refractivity contribution in [3.8, 4) is 11.1 Å². The average molecular weight is 454 g/mol. The van der Waals surface area contributed by atoms with Crippen molar-refractivity contribution in [3.05, 3.63) is 59.7 Å². The number of carboxylic acids is 1. The van der Waals surface area contributed by atoms with E-state index in [1.807, 2.05) is 48.5 Å². The number of benzene rings is 2. The molecular formula is C24H26N2O7. The normalized spacial score (nSPS) is 13.3. The second-order valence-corrected chi connectivity index (χ2v) is 8.07. The van der Waals surface area contributed by atoms with E-state index in [9.17, 15) is 24.3 Å². The van der Waals surface area contributed by atoms with E-state index in [0.717, 1.165) is 22.3 Å². The van der Waals surface area contributed by atoms with Gasteiger partial charge < -0.3 is 19.9 Å². The van der Waals surface area contributed by atoms with Crippen LogP contribution in [0.4, 0.5) is 4.79 Å². The lowest BCUT2D eigenvalue weighted by Crippen LogP contribution is -2.59. The molecule has 3 N–H and O–H groups in total. The molecule has 0 aromatic heterocycles. The standard InChI is InChI=1S/C24H26N2O7/c1-4-32-21(28)19(20(27)26-24(2,3)22(29)30)25-23(31)33-13-18-16-11-7-5-9-14(16)15-10-6-8-12-17(15)18/h5-12,18-19H,4,13H2,1-3H3,(H,25,31)(H,26,27)(H,29,30). The average Bonchev–Trinajstić information content (AvgIpc) is 3.09. The van der Waals surface area contributed by atoms with Crippen molar-refractivity contribution in [2.24, 2.45) is 0 Å². The lowest BCUT2D eigenvalue weighted by atomic mass is 9.98. The lowest BCUT2D eigenvalue weighted by Gasteiger charge is -2.24. The Morgan fingerprint density at radius 1 is 0.970 bits per heavy atom. The van der Waals surface area contributed by atoms with Crippen molar-refractivity contribution in [1.29, 1.82) is 0 Å². The summed E-state index contributed by atoms with van der Waals surface area (Å²) >= 11 is 0. The smallest absolute Gasteiger partial charge is 0.408 e. The van der Waals surface area contributed by atoms with Crippen molar-refractivity contribution >= 4 is 23.9 Å². The molecule has 3 rings (SSSR count). The Bertz CT molecular complexity index is 1030. The van der Waals surface area contributed by atoms with Gasteiger partial charge in [-0.25, -0.2) is 14.4 Å². The number of alkyl carbamates (subject to hydrolysis) is 1. The number of nitrogens with one attached hydrogen (secondary N) is 2. The van der Waals surface area contributed by atoms with Gasteiger partial charge in [0.2, 0.25) is 6.04 Å². The molecule has 1 aliphatic carbocycles. The number of carbonyl (C=O) groups excluding carboxylic acids is 3. The minimum atomic E-state index is -1.76. The molecule has 33 heavy (non-hydrogen) atoms. The number of rotatable bonds is 8. The first kappa shape index (κ1) is 23.8. The molecule has 0 saturated heterocycles. The van der Waals surface area contributed by atoms with Gasteiger partial charge in [-0.3, -0.25) is 10.1 Å². The SMILES string of the molecule is CCOC(=O)C(NC(=O)OCC1c2ccccc2-c2ccccc21)C(=O)NC(C)(C)C(=O)O. The number of ether oxygens (including phenoxy) is 2. The Kier molecular flexibility index (Phi) is 7.01. The number of esters is 1. The highest BCUT2D eigenvalue weighted by Crippen LogP contribution is 2.44. The zero-order valence-electron chi connectivity index (χ0n) is 18.6. The zero-order chi connectivity index (χ0) is 24.2. The molecule has 0 radical (unpaired) electrons. The summed E-state index contributed by atoms with van der Waals surface area (Å²) < 4.78 is 10.2. The molecule has 0 bridgehead atoms. The second kappa shape index (κ2) is 9.72. The van der Waals surface area contributed by atoms with Gasteiger partial charge in [-0.2, -0.15) is 0 Å². The number of carboxylic acid groups (broad SMARTS) is 1. The van der Waals surface area contributed by atoms with Crippen LogP contribution in [0.2, 0.25) is 0 Å². The number of amides is 2. The van der Waals surface area contributed by atoms with Gasteiger partial charge in [0.1, 0.15) is 12.1 Å². The predicted octanol–water partition coefficient (Wildman–Crippen LogP) is 2.44. The van der Waals surface area contributed by atoms with E-state index in [2.05, 4.69) is 10.6 Å². The molecule has 0 fully saturated rings. The molecule has 2 amide bonds. The fraction of sp³-hybridized carbons (Fsp3) is 0.333. The molecule has 1 atom stereocenters. The monoisotopic (exact) mass is 454 g/mol. The number of aliphatic carboxylic acids is 1. The third kappa shape index (κ3) is 5.14. The van der Waals surface area contributed by atoms with E-state index in [1.165, 1.54) is 13.8 Å². The lowest BCUT2D eigenvalue weighted by molar-refractivity contribution is -0.152. The predicted molar refractivity (Wildman–Crippen MR) is 118 cm³/mol. The Morgan fingerprint density at radius 2 is 1.52 bits per heavy atom. The van der Waals surface area contributed by atoms with Crippen LogP contribution in [0.1, 0.15) is 37.8 Å². The first-order valence-electron chi connectivity index (χ1n) is 10.5. The first-order chi connectivity index (χ1) is 15.7. The zero-order valence-corrected chi connectivity index (χ0v) is 18.6. The molecule has 1 aliphatic rings. The van der Waals surface area contributed by atoms with Crippen LogP contribution in [0.25, 0.3) is 11.1 Å². The number of hydrogen-bond acceptors (Lipinski definition) is 6. The summed E-state index contributed by atoms with van der Waals surface area (Å²) in [5.74, 6) is -3.55. The van der Waals surface area contributed by atoms with Crippen molar-refractivity contribution in [1.82, 2.24) is 10.6 Å². The minimum absolute atomic E-state index is 0.0162. The van der Waals surface area contributed by atoms with Crippen molar-refractivity contribution in [2.45, 2.75) is 38.3 Å². The summed E-state index contributed by atoms with van der Waals surface area (Å²) in [7, 11) is 0. The Balaban J connectivity index is 1.71. The summed E-state index contributed by atoms with van der Waals surface area (Å²) in [5, 5.41) is 13.6. The molecule has 0 saturated carbocycles. The van der Waals surface area contributed by atoms with E-state index in [0.29, 0.717) is 0 Å². The van der Waals surface area contributed by atoms with E-state index >= 15 is 0 Å². The van der Waals surface area contributed by atoms with Gasteiger partial charge in [0.25, 0.3) is 5.91 Å². The summed E-state index contributed by atoms with van der Waals surface area (Å²) in [5.41, 5.74) is 2.47. The topological polar surface area (TPSA) is 131 Å². The largest absolute Gasteiger partial charge is 0.480 e. The third-order valence-corrected chi connectivity index (χ3v) is 5.36. The highest BCUT2D eigenvalue weighted by Gasteiger charge is 2.37. The van der Waals surface area contributed by atoms with E-state index < -0.39 is 35.5 Å². The van der Waals surface area contributed by atoms with Crippen LogP contribution in [-0.4, -0.2) is 53.8 Å². The fourth-order valence-corrected chi connectivity index (χ4v) is 3.65. The summed E-state index contributed by atoms with van der Waals surface area (Å²) in [4.78, 5) is 48.6. The van der Waals surface area contributed by atoms with Gasteiger partial charge in [-0.05, 0) is 43.0 Å². The molecular weight excluding hydrogens is 428 g/mol. The molecule has 9 nitrogen and oxygen atoms in total. The molecule has 2 aromatic rings. The summed E-state index contributed by atoms with van der Waals surface area (Å²) in [6.45, 7) is 4.00. The highest BCUT2D eigenvalue weighted by molar-refractivity contribution is 6.05. The molecule has 174 valence electrons. The van der Waals surface area contributed by atoms with E-state index in [1.54, 1.807) is 6.92 Å². The van der Waals surface area contributed by atoms with E-state index in [4.69, 9.17) is 9.47 Å². The van der Waals surface area contributed by atoms with Crippen molar-refractivity contribution in [3.63, 3.8) is 0 Å². The van der Waals surface area contributed by atoms with Crippen molar-refractivity contribution < 1.29 is 33.8 Å². The minimum Gasteiger partial charge on any atom is -0.480 e. The summed E-state index contributed by atoms with van der Waals surface area (Å²) in [6.07, 6.45) is -1.00. The summed E-state index contributed by atoms with van der Waals surface area (Å²) in [6, 6.07) is 13.8. The van der Waals surface area contributed by atoms with Crippen LogP contribution in [0.5, 0.6) is 0 Å². The van der Waals surface area contributed by atoms with Crippen LogP contribution in [0, 0.1) is 0 Å². The van der Waals surface area contributed by atoms with Crippen LogP contribution >= 0.6 is 0 Å². The Hall–Kier alpha value is -3.88. The maximum atomic E-state index is 12.6. The van der Waals surface area contributed by atoms with Gasteiger partial charge in [0, 0.05) is 5.92 Å².